The summed E-state index contributed by atoms with van der Waals surface area (Å²) in [6, 6.07) is 24.3. The first-order valence-electron chi connectivity index (χ1n) is 10.8. The number of nitrogens with zero attached hydrogens (tertiary/aromatic N) is 2. The molecule has 3 aromatic rings. The van der Waals surface area contributed by atoms with E-state index in [1.807, 2.05) is 54.6 Å². The molecule has 1 N–H and O–H groups in total. The lowest BCUT2D eigenvalue weighted by atomic mass is 10.1. The first-order chi connectivity index (χ1) is 16.5. The molecule has 0 bridgehead atoms. The van der Waals surface area contributed by atoms with E-state index in [9.17, 15) is 9.59 Å². The van der Waals surface area contributed by atoms with E-state index in [2.05, 4.69) is 5.32 Å². The Hall–Kier alpha value is -3.29. The summed E-state index contributed by atoms with van der Waals surface area (Å²) in [6.45, 7) is 0.529. The van der Waals surface area contributed by atoms with Gasteiger partial charge in [0.15, 0.2) is 5.17 Å². The summed E-state index contributed by atoms with van der Waals surface area (Å²) in [6.07, 6.45) is 0.834. The number of thioether (sulfide) groups is 1. The maximum absolute atomic E-state index is 13.1. The van der Waals surface area contributed by atoms with Crippen LogP contribution in [0.5, 0.6) is 5.75 Å². The maximum atomic E-state index is 13.1. The lowest BCUT2D eigenvalue weighted by Crippen LogP contribution is -2.31. The van der Waals surface area contributed by atoms with Crippen molar-refractivity contribution in [1.82, 2.24) is 0 Å². The molecule has 0 aliphatic carbocycles. The van der Waals surface area contributed by atoms with Crippen molar-refractivity contribution in [1.29, 1.82) is 0 Å². The second kappa shape index (κ2) is 11.2. The molecule has 0 radical (unpaired) electrons. The molecule has 174 valence electrons. The molecule has 1 fully saturated rings. The number of imide groups is 1. The van der Waals surface area contributed by atoms with E-state index in [1.54, 1.807) is 31.4 Å². The average Bonchev–Trinajstić information content (AvgIpc) is 3.12. The highest BCUT2D eigenvalue weighted by Gasteiger charge is 2.40. The predicted octanol–water partition coefficient (Wildman–Crippen LogP) is 5.42. The smallest absolute Gasteiger partial charge is 0.247 e. The number of carbonyl (C=O) groups excluding carboxylic acids is 2. The third kappa shape index (κ3) is 5.98. The molecule has 1 saturated heterocycles. The van der Waals surface area contributed by atoms with E-state index in [-0.39, 0.29) is 18.2 Å². The van der Waals surface area contributed by atoms with Gasteiger partial charge >= 0.3 is 0 Å². The molecule has 0 spiro atoms. The number of anilines is 2. The van der Waals surface area contributed by atoms with E-state index in [0.29, 0.717) is 22.4 Å². The van der Waals surface area contributed by atoms with Crippen molar-refractivity contribution < 1.29 is 14.3 Å². The molecule has 1 heterocycles. The van der Waals surface area contributed by atoms with E-state index >= 15 is 0 Å². The fraction of sp³-hybridized carbons (Fsp3) is 0.192. The van der Waals surface area contributed by atoms with Crippen LogP contribution in [0.1, 0.15) is 12.0 Å². The van der Waals surface area contributed by atoms with Crippen molar-refractivity contribution in [3.05, 3.63) is 89.4 Å². The number of rotatable bonds is 7. The van der Waals surface area contributed by atoms with Gasteiger partial charge < -0.3 is 10.1 Å². The Balaban J connectivity index is 1.48. The summed E-state index contributed by atoms with van der Waals surface area (Å²) in [5, 5.41) is 3.80. The van der Waals surface area contributed by atoms with Crippen LogP contribution in [0.4, 0.5) is 11.4 Å². The predicted molar refractivity (Wildman–Crippen MR) is 139 cm³/mol. The summed E-state index contributed by atoms with van der Waals surface area (Å²) in [7, 11) is 1.64. The molecule has 1 aliphatic rings. The van der Waals surface area contributed by atoms with Crippen LogP contribution in [0.3, 0.4) is 0 Å². The number of carbonyl (C=O) groups is 2. The zero-order valence-corrected chi connectivity index (χ0v) is 20.2. The Morgan fingerprint density at radius 2 is 1.85 bits per heavy atom. The van der Waals surface area contributed by atoms with Gasteiger partial charge in [-0.15, -0.1) is 0 Å². The molecule has 2 amide bonds. The minimum atomic E-state index is -0.567. The van der Waals surface area contributed by atoms with Crippen molar-refractivity contribution in [3.63, 3.8) is 0 Å². The van der Waals surface area contributed by atoms with Gasteiger partial charge in [-0.05, 0) is 54.4 Å². The molecule has 1 unspecified atom stereocenters. The lowest BCUT2D eigenvalue weighted by Gasteiger charge is -2.16. The number of hydrogen-bond acceptors (Lipinski definition) is 5. The first kappa shape index (κ1) is 23.9. The molecule has 4 rings (SSSR count). The number of aliphatic imine (C=N–C) groups is 1. The highest BCUT2D eigenvalue weighted by Crippen LogP contribution is 2.32. The molecular weight excluding hydrogens is 470 g/mol. The van der Waals surface area contributed by atoms with Crippen molar-refractivity contribution in [2.45, 2.75) is 18.1 Å². The van der Waals surface area contributed by atoms with Crippen LogP contribution in [0.2, 0.25) is 5.02 Å². The number of amidine groups is 1. The Labute approximate surface area is 208 Å². The fourth-order valence-corrected chi connectivity index (χ4v) is 4.78. The van der Waals surface area contributed by atoms with Crippen molar-refractivity contribution in [3.8, 4) is 5.75 Å². The second-order valence-electron chi connectivity index (χ2n) is 7.63. The van der Waals surface area contributed by atoms with Gasteiger partial charge in [-0.3, -0.25) is 14.6 Å². The highest BCUT2D eigenvalue weighted by atomic mass is 35.5. The number of nitrogens with one attached hydrogen (secondary N) is 1. The van der Waals surface area contributed by atoms with Gasteiger partial charge in [0.05, 0.1) is 12.8 Å². The van der Waals surface area contributed by atoms with Gasteiger partial charge in [0.1, 0.15) is 11.0 Å². The highest BCUT2D eigenvalue weighted by molar-refractivity contribution is 8.15. The summed E-state index contributed by atoms with van der Waals surface area (Å²) in [5.41, 5.74) is 2.48. The zero-order valence-electron chi connectivity index (χ0n) is 18.6. The molecule has 1 aliphatic heterocycles. The van der Waals surface area contributed by atoms with Gasteiger partial charge in [-0.25, -0.2) is 4.90 Å². The second-order valence-corrected chi connectivity index (χ2v) is 9.26. The largest absolute Gasteiger partial charge is 0.497 e. The number of benzene rings is 3. The number of methoxy groups -OCH3 is 1. The van der Waals surface area contributed by atoms with Crippen LogP contribution in [0.15, 0.2) is 83.9 Å². The number of ether oxygens (including phenoxy) is 1. The van der Waals surface area contributed by atoms with Crippen LogP contribution >= 0.6 is 23.4 Å². The molecule has 1 atom stereocenters. The van der Waals surface area contributed by atoms with Gasteiger partial charge in [-0.1, -0.05) is 59.8 Å². The van der Waals surface area contributed by atoms with Crippen molar-refractivity contribution >= 4 is 51.7 Å². The molecule has 34 heavy (non-hydrogen) atoms. The summed E-state index contributed by atoms with van der Waals surface area (Å²) < 4.78 is 5.21. The normalized spacial score (nSPS) is 16.1. The van der Waals surface area contributed by atoms with Crippen LogP contribution in [0, 0.1) is 0 Å². The molecule has 0 aromatic heterocycles. The lowest BCUT2D eigenvalue weighted by molar-refractivity contribution is -0.121. The molecule has 0 saturated carbocycles. The zero-order chi connectivity index (χ0) is 23.9. The minimum absolute atomic E-state index is 0.101. The molecule has 8 heteroatoms. The van der Waals surface area contributed by atoms with Gasteiger partial charge in [0, 0.05) is 23.7 Å². The van der Waals surface area contributed by atoms with Gasteiger partial charge in [-0.2, -0.15) is 0 Å². The van der Waals surface area contributed by atoms with Gasteiger partial charge in [0.25, 0.3) is 0 Å². The van der Waals surface area contributed by atoms with Crippen LogP contribution in [0.25, 0.3) is 0 Å². The molecular formula is C26H24ClN3O3S. The van der Waals surface area contributed by atoms with Crippen LogP contribution in [-0.2, 0) is 16.0 Å². The minimum Gasteiger partial charge on any atom is -0.497 e. The molecule has 6 nitrogen and oxygen atoms in total. The number of halogens is 1. The fourth-order valence-electron chi connectivity index (χ4n) is 3.55. The summed E-state index contributed by atoms with van der Waals surface area (Å²) in [5.74, 6) is 0.292. The van der Waals surface area contributed by atoms with Crippen molar-refractivity contribution in [2.75, 3.05) is 23.9 Å². The monoisotopic (exact) mass is 493 g/mol. The maximum Gasteiger partial charge on any atom is 0.247 e. The Morgan fingerprint density at radius 3 is 2.56 bits per heavy atom. The van der Waals surface area contributed by atoms with Crippen molar-refractivity contribution in [2.24, 2.45) is 4.99 Å². The third-order valence-electron chi connectivity index (χ3n) is 5.27. The van der Waals surface area contributed by atoms with Gasteiger partial charge in [0.2, 0.25) is 11.8 Å². The number of amides is 2. The first-order valence-corrected chi connectivity index (χ1v) is 12.1. The Morgan fingerprint density at radius 1 is 1.09 bits per heavy atom. The average molecular weight is 494 g/mol. The topological polar surface area (TPSA) is 71.0 Å². The van der Waals surface area contributed by atoms with Crippen LogP contribution in [-0.4, -0.2) is 35.9 Å². The van der Waals surface area contributed by atoms with E-state index in [1.165, 1.54) is 16.7 Å². The summed E-state index contributed by atoms with van der Waals surface area (Å²) >= 11 is 7.34. The summed E-state index contributed by atoms with van der Waals surface area (Å²) in [4.78, 5) is 31.7. The molecule has 3 aromatic carbocycles. The number of hydrogen-bond donors (Lipinski definition) is 1. The quantitative estimate of drug-likeness (QED) is 0.270. The number of para-hydroxylation sites is 1. The SMILES string of the molecule is COc1ccc(CCN=C(Nc2ccccc2)SC2CC(=O)N(c3cccc(Cl)c3)C2=O)cc1. The van der Waals surface area contributed by atoms with E-state index in [0.717, 1.165) is 23.4 Å². The van der Waals surface area contributed by atoms with E-state index in [4.69, 9.17) is 21.3 Å². The standard InChI is InChI=1S/C26H24ClN3O3S/c1-33-22-12-10-18(11-13-22)14-15-28-26(29-20-7-3-2-4-8-20)34-23-17-24(31)30(25(23)32)21-9-5-6-19(27)16-21/h2-13,16,23H,14-15,17H2,1H3,(H,28,29). The Bertz CT molecular complexity index is 1190. The van der Waals surface area contributed by atoms with Crippen LogP contribution < -0.4 is 15.0 Å². The third-order valence-corrected chi connectivity index (χ3v) is 6.61. The van der Waals surface area contributed by atoms with E-state index < -0.39 is 5.25 Å². The Kier molecular flexibility index (Phi) is 7.87.